The maximum atomic E-state index is 12.7. The highest BCUT2D eigenvalue weighted by atomic mass is 16.5. The van der Waals surface area contributed by atoms with Crippen molar-refractivity contribution < 1.29 is 23.7 Å². The summed E-state index contributed by atoms with van der Waals surface area (Å²) in [6.45, 7) is 4.34. The van der Waals surface area contributed by atoms with Gasteiger partial charge < -0.3 is 24.3 Å². The van der Waals surface area contributed by atoms with E-state index < -0.39 is 5.91 Å². The SMILES string of the molecule is CCOc1cc2c(cc1C=C(C#N)C(=O)Nc1ccc(OC)c(OC)c1)OC(C)C2. The predicted octanol–water partition coefficient (Wildman–Crippen LogP) is 3.97. The van der Waals surface area contributed by atoms with Gasteiger partial charge in [-0.15, -0.1) is 0 Å². The highest BCUT2D eigenvalue weighted by Gasteiger charge is 2.22. The molecule has 0 fully saturated rings. The molecular weight excluding hydrogens is 384 g/mol. The Morgan fingerprint density at radius 3 is 2.67 bits per heavy atom. The van der Waals surface area contributed by atoms with Crippen molar-refractivity contribution in [3.63, 3.8) is 0 Å². The van der Waals surface area contributed by atoms with E-state index in [1.165, 1.54) is 20.3 Å². The molecule has 2 aromatic carbocycles. The van der Waals surface area contributed by atoms with E-state index >= 15 is 0 Å². The molecule has 0 radical (unpaired) electrons. The number of fused-ring (bicyclic) bond motifs is 1. The van der Waals surface area contributed by atoms with Crippen molar-refractivity contribution in [3.05, 3.63) is 47.0 Å². The van der Waals surface area contributed by atoms with Crippen molar-refractivity contribution in [3.8, 4) is 29.1 Å². The van der Waals surface area contributed by atoms with E-state index in [0.29, 0.717) is 35.1 Å². The summed E-state index contributed by atoms with van der Waals surface area (Å²) in [5.74, 6) is 1.83. The van der Waals surface area contributed by atoms with Crippen LogP contribution in [-0.4, -0.2) is 32.8 Å². The Labute approximate surface area is 175 Å². The molecule has 1 aliphatic rings. The van der Waals surface area contributed by atoms with Gasteiger partial charge in [0.05, 0.1) is 20.8 Å². The van der Waals surface area contributed by atoms with E-state index in [0.717, 1.165) is 17.7 Å². The van der Waals surface area contributed by atoms with Crippen molar-refractivity contribution in [2.24, 2.45) is 0 Å². The summed E-state index contributed by atoms with van der Waals surface area (Å²) in [5.41, 5.74) is 2.09. The van der Waals surface area contributed by atoms with Crippen molar-refractivity contribution in [2.75, 3.05) is 26.1 Å². The summed E-state index contributed by atoms with van der Waals surface area (Å²) in [4.78, 5) is 12.7. The number of benzene rings is 2. The van der Waals surface area contributed by atoms with Gasteiger partial charge in [-0.2, -0.15) is 5.26 Å². The summed E-state index contributed by atoms with van der Waals surface area (Å²) in [7, 11) is 3.04. The molecule has 1 atom stereocenters. The lowest BCUT2D eigenvalue weighted by Crippen LogP contribution is -2.13. The molecule has 1 heterocycles. The molecule has 0 bridgehead atoms. The lowest BCUT2D eigenvalue weighted by atomic mass is 10.0. The number of hydrogen-bond donors (Lipinski definition) is 1. The Balaban J connectivity index is 1.89. The number of ether oxygens (including phenoxy) is 4. The number of amides is 1. The van der Waals surface area contributed by atoms with Gasteiger partial charge in [0.15, 0.2) is 11.5 Å². The van der Waals surface area contributed by atoms with Gasteiger partial charge in [-0.3, -0.25) is 4.79 Å². The minimum Gasteiger partial charge on any atom is -0.493 e. The number of methoxy groups -OCH3 is 2. The van der Waals surface area contributed by atoms with E-state index in [-0.39, 0.29) is 11.7 Å². The first kappa shape index (κ1) is 21.1. The maximum Gasteiger partial charge on any atom is 0.266 e. The third-order valence-electron chi connectivity index (χ3n) is 4.63. The number of nitriles is 1. The smallest absolute Gasteiger partial charge is 0.266 e. The van der Waals surface area contributed by atoms with E-state index in [1.807, 2.05) is 32.0 Å². The van der Waals surface area contributed by atoms with Crippen LogP contribution in [0.1, 0.15) is 25.0 Å². The molecule has 3 rings (SSSR count). The van der Waals surface area contributed by atoms with E-state index in [9.17, 15) is 10.1 Å². The topological polar surface area (TPSA) is 89.8 Å². The third kappa shape index (κ3) is 4.49. The zero-order chi connectivity index (χ0) is 21.7. The van der Waals surface area contributed by atoms with Crippen LogP contribution in [0.2, 0.25) is 0 Å². The number of rotatable bonds is 7. The Morgan fingerprint density at radius 2 is 2.00 bits per heavy atom. The second kappa shape index (κ2) is 9.23. The molecule has 1 N–H and O–H groups in total. The monoisotopic (exact) mass is 408 g/mol. The van der Waals surface area contributed by atoms with Gasteiger partial charge >= 0.3 is 0 Å². The summed E-state index contributed by atoms with van der Waals surface area (Å²) < 4.78 is 22.0. The molecule has 2 aromatic rings. The highest BCUT2D eigenvalue weighted by molar-refractivity contribution is 6.10. The van der Waals surface area contributed by atoms with Crippen LogP contribution in [0, 0.1) is 11.3 Å². The fourth-order valence-electron chi connectivity index (χ4n) is 3.26. The average molecular weight is 408 g/mol. The zero-order valence-corrected chi connectivity index (χ0v) is 17.4. The van der Waals surface area contributed by atoms with Crippen LogP contribution in [0.25, 0.3) is 6.08 Å². The quantitative estimate of drug-likeness (QED) is 0.551. The van der Waals surface area contributed by atoms with Crippen LogP contribution in [0.4, 0.5) is 5.69 Å². The first-order valence-electron chi connectivity index (χ1n) is 9.60. The normalized spacial score (nSPS) is 14.9. The standard InChI is InChI=1S/C23H24N2O5/c1-5-29-20-10-15-8-14(2)30-21(15)11-16(20)9-17(13-24)23(26)25-18-6-7-19(27-3)22(12-18)28-4/h6-7,9-12,14H,5,8H2,1-4H3,(H,25,26). The summed E-state index contributed by atoms with van der Waals surface area (Å²) in [6, 6.07) is 10.7. The molecule has 0 spiro atoms. The van der Waals surface area contributed by atoms with Crippen molar-refractivity contribution >= 4 is 17.7 Å². The molecule has 7 heteroatoms. The van der Waals surface area contributed by atoms with Crippen LogP contribution in [0.15, 0.2) is 35.9 Å². The summed E-state index contributed by atoms with van der Waals surface area (Å²) in [6.07, 6.45) is 2.38. The van der Waals surface area contributed by atoms with Crippen LogP contribution in [-0.2, 0) is 11.2 Å². The van der Waals surface area contributed by atoms with E-state index in [2.05, 4.69) is 5.32 Å². The molecule has 1 unspecified atom stereocenters. The molecule has 156 valence electrons. The molecular formula is C23H24N2O5. The number of hydrogen-bond acceptors (Lipinski definition) is 6. The molecule has 0 aromatic heterocycles. The Kier molecular flexibility index (Phi) is 6.48. The lowest BCUT2D eigenvalue weighted by Gasteiger charge is -2.12. The second-order valence-corrected chi connectivity index (χ2v) is 6.76. The van der Waals surface area contributed by atoms with E-state index in [4.69, 9.17) is 18.9 Å². The van der Waals surface area contributed by atoms with Gasteiger partial charge in [0.1, 0.15) is 29.2 Å². The number of anilines is 1. The average Bonchev–Trinajstić information content (AvgIpc) is 3.10. The Hall–Kier alpha value is -3.66. The van der Waals surface area contributed by atoms with Crippen LogP contribution < -0.4 is 24.3 Å². The fraction of sp³-hybridized carbons (Fsp3) is 0.304. The largest absolute Gasteiger partial charge is 0.493 e. The van der Waals surface area contributed by atoms with Gasteiger partial charge in [-0.25, -0.2) is 0 Å². The summed E-state index contributed by atoms with van der Waals surface area (Å²) in [5, 5.41) is 12.3. The van der Waals surface area contributed by atoms with Crippen molar-refractivity contribution in [2.45, 2.75) is 26.4 Å². The minimum absolute atomic E-state index is 0.0586. The fourth-order valence-corrected chi connectivity index (χ4v) is 3.26. The van der Waals surface area contributed by atoms with Gasteiger partial charge in [0.25, 0.3) is 5.91 Å². The molecule has 0 aliphatic carbocycles. The second-order valence-electron chi connectivity index (χ2n) is 6.76. The minimum atomic E-state index is -0.540. The van der Waals surface area contributed by atoms with Crippen LogP contribution in [0.3, 0.4) is 0 Å². The maximum absolute atomic E-state index is 12.7. The zero-order valence-electron chi connectivity index (χ0n) is 17.4. The van der Waals surface area contributed by atoms with Gasteiger partial charge in [-0.05, 0) is 44.2 Å². The molecule has 0 saturated carbocycles. The highest BCUT2D eigenvalue weighted by Crippen LogP contribution is 2.36. The Morgan fingerprint density at radius 1 is 1.23 bits per heavy atom. The van der Waals surface area contributed by atoms with Gasteiger partial charge in [0, 0.05) is 29.3 Å². The van der Waals surface area contributed by atoms with E-state index in [1.54, 1.807) is 18.2 Å². The van der Waals surface area contributed by atoms with Crippen molar-refractivity contribution in [1.29, 1.82) is 5.26 Å². The van der Waals surface area contributed by atoms with Crippen molar-refractivity contribution in [1.82, 2.24) is 0 Å². The number of nitrogens with zero attached hydrogens (tertiary/aromatic N) is 1. The molecule has 1 amide bonds. The van der Waals surface area contributed by atoms with Gasteiger partial charge in [0.2, 0.25) is 0 Å². The van der Waals surface area contributed by atoms with Gasteiger partial charge in [-0.1, -0.05) is 0 Å². The molecule has 1 aliphatic heterocycles. The van der Waals surface area contributed by atoms with Crippen LogP contribution in [0.5, 0.6) is 23.0 Å². The first-order chi connectivity index (χ1) is 14.5. The number of nitrogens with one attached hydrogen (secondary N) is 1. The number of carbonyl (C=O) groups is 1. The third-order valence-corrected chi connectivity index (χ3v) is 4.63. The lowest BCUT2D eigenvalue weighted by molar-refractivity contribution is -0.112. The number of carbonyl (C=O) groups excluding carboxylic acids is 1. The predicted molar refractivity (Wildman–Crippen MR) is 113 cm³/mol. The molecule has 30 heavy (non-hydrogen) atoms. The molecule has 7 nitrogen and oxygen atoms in total. The van der Waals surface area contributed by atoms with Crippen LogP contribution >= 0.6 is 0 Å². The summed E-state index contributed by atoms with van der Waals surface area (Å²) >= 11 is 0. The molecule has 0 saturated heterocycles. The Bertz CT molecular complexity index is 1020. The first-order valence-corrected chi connectivity index (χ1v) is 9.60.